The van der Waals surface area contributed by atoms with Gasteiger partial charge in [-0.1, -0.05) is 13.8 Å². The fraction of sp³-hybridized carbons (Fsp3) is 0.636. The van der Waals surface area contributed by atoms with Crippen molar-refractivity contribution < 1.29 is 4.92 Å². The predicted molar refractivity (Wildman–Crippen MR) is 68.2 cm³/mol. The monoisotopic (exact) mass is 251 g/mol. The van der Waals surface area contributed by atoms with E-state index in [1.165, 1.54) is 0 Å². The number of nitrogens with zero attached hydrogens (tertiary/aromatic N) is 3. The van der Waals surface area contributed by atoms with Gasteiger partial charge in [-0.25, -0.2) is 4.98 Å². The molecular weight excluding hydrogens is 234 g/mol. The zero-order chi connectivity index (χ0) is 13.5. The highest BCUT2D eigenvalue weighted by Crippen LogP contribution is 2.51. The molecule has 0 aliphatic heterocycles. The van der Waals surface area contributed by atoms with Crippen molar-refractivity contribution in [3.63, 3.8) is 0 Å². The van der Waals surface area contributed by atoms with Crippen molar-refractivity contribution in [2.75, 3.05) is 17.6 Å². The van der Waals surface area contributed by atoms with Gasteiger partial charge in [-0.05, 0) is 24.7 Å². The molecular formula is C11H17N5O2. The van der Waals surface area contributed by atoms with Gasteiger partial charge in [-0.15, -0.1) is 0 Å². The second-order valence-electron chi connectivity index (χ2n) is 5.39. The first-order valence-corrected chi connectivity index (χ1v) is 5.83. The van der Waals surface area contributed by atoms with Crippen LogP contribution < -0.4 is 11.1 Å². The summed E-state index contributed by atoms with van der Waals surface area (Å²) >= 11 is 0. The number of nitrogen functional groups attached to an aromatic ring is 1. The van der Waals surface area contributed by atoms with Gasteiger partial charge in [-0.3, -0.25) is 10.1 Å². The molecule has 1 atom stereocenters. The van der Waals surface area contributed by atoms with E-state index in [9.17, 15) is 10.1 Å². The molecule has 2 rings (SSSR count). The number of rotatable bonds is 4. The zero-order valence-corrected chi connectivity index (χ0v) is 10.7. The third kappa shape index (κ3) is 2.34. The Morgan fingerprint density at radius 3 is 2.67 bits per heavy atom. The lowest BCUT2D eigenvalue weighted by molar-refractivity contribution is -0.385. The lowest BCUT2D eigenvalue weighted by atomic mass is 10.1. The lowest BCUT2D eigenvalue weighted by Gasteiger charge is -2.09. The first kappa shape index (κ1) is 12.5. The summed E-state index contributed by atoms with van der Waals surface area (Å²) in [5.74, 6) is 0.789. The van der Waals surface area contributed by atoms with Gasteiger partial charge < -0.3 is 11.1 Å². The highest BCUT2D eigenvalue weighted by molar-refractivity contribution is 5.60. The highest BCUT2D eigenvalue weighted by atomic mass is 16.6. The van der Waals surface area contributed by atoms with Crippen LogP contribution in [0.15, 0.2) is 0 Å². The summed E-state index contributed by atoms with van der Waals surface area (Å²) in [5, 5.41) is 14.0. The largest absolute Gasteiger partial charge is 0.368 e. The lowest BCUT2D eigenvalue weighted by Crippen LogP contribution is -2.13. The van der Waals surface area contributed by atoms with E-state index in [-0.39, 0.29) is 23.1 Å². The Bertz CT molecular complexity index is 500. The number of nitro groups is 1. The Labute approximate surface area is 105 Å². The van der Waals surface area contributed by atoms with Crippen LogP contribution in [-0.2, 0) is 0 Å². The van der Waals surface area contributed by atoms with Crippen molar-refractivity contribution in [2.24, 2.45) is 11.3 Å². The van der Waals surface area contributed by atoms with Crippen molar-refractivity contribution in [3.05, 3.63) is 15.8 Å². The molecule has 98 valence electrons. The Morgan fingerprint density at radius 1 is 1.56 bits per heavy atom. The average molecular weight is 251 g/mol. The second kappa shape index (κ2) is 4.08. The van der Waals surface area contributed by atoms with Gasteiger partial charge >= 0.3 is 5.69 Å². The Morgan fingerprint density at radius 2 is 2.17 bits per heavy atom. The minimum Gasteiger partial charge on any atom is -0.368 e. The van der Waals surface area contributed by atoms with E-state index in [1.54, 1.807) is 6.92 Å². The SMILES string of the molecule is Cc1nc(N)nc(NCC2CC2(C)C)c1[N+](=O)[O-]. The van der Waals surface area contributed by atoms with Crippen LogP contribution in [0.3, 0.4) is 0 Å². The maximum Gasteiger partial charge on any atom is 0.332 e. The van der Waals surface area contributed by atoms with Crippen LogP contribution in [0.1, 0.15) is 26.0 Å². The summed E-state index contributed by atoms with van der Waals surface area (Å²) in [7, 11) is 0. The minimum atomic E-state index is -0.477. The van der Waals surface area contributed by atoms with Gasteiger partial charge in [-0.2, -0.15) is 4.98 Å². The van der Waals surface area contributed by atoms with Crippen molar-refractivity contribution in [3.8, 4) is 0 Å². The highest BCUT2D eigenvalue weighted by Gasteiger charge is 2.45. The molecule has 0 radical (unpaired) electrons. The van der Waals surface area contributed by atoms with Gasteiger partial charge in [0.05, 0.1) is 4.92 Å². The zero-order valence-electron chi connectivity index (χ0n) is 10.7. The van der Waals surface area contributed by atoms with E-state index in [1.807, 2.05) is 0 Å². The van der Waals surface area contributed by atoms with Crippen LogP contribution in [0, 0.1) is 28.4 Å². The molecule has 0 spiro atoms. The molecule has 3 N–H and O–H groups in total. The second-order valence-corrected chi connectivity index (χ2v) is 5.39. The summed E-state index contributed by atoms with van der Waals surface area (Å²) in [5.41, 5.74) is 6.02. The van der Waals surface area contributed by atoms with Gasteiger partial charge in [0.25, 0.3) is 0 Å². The molecule has 1 aromatic rings. The number of hydrogen-bond donors (Lipinski definition) is 2. The maximum atomic E-state index is 11.0. The number of aromatic nitrogens is 2. The summed E-state index contributed by atoms with van der Waals surface area (Å²) in [6.45, 7) is 6.58. The third-order valence-corrected chi connectivity index (χ3v) is 3.49. The van der Waals surface area contributed by atoms with E-state index in [0.717, 1.165) is 6.42 Å². The van der Waals surface area contributed by atoms with E-state index in [2.05, 4.69) is 29.1 Å². The molecule has 18 heavy (non-hydrogen) atoms. The van der Waals surface area contributed by atoms with Gasteiger partial charge in [0.15, 0.2) is 0 Å². The molecule has 7 nitrogen and oxygen atoms in total. The summed E-state index contributed by atoms with van der Waals surface area (Å²) in [6.07, 6.45) is 1.12. The average Bonchev–Trinajstić information content (AvgIpc) is 2.81. The molecule has 1 heterocycles. The molecule has 0 saturated heterocycles. The Hall–Kier alpha value is -1.92. The van der Waals surface area contributed by atoms with Crippen molar-refractivity contribution in [1.29, 1.82) is 0 Å². The Kier molecular flexibility index (Phi) is 2.84. The van der Waals surface area contributed by atoms with Crippen LogP contribution in [0.5, 0.6) is 0 Å². The molecule has 0 bridgehead atoms. The van der Waals surface area contributed by atoms with E-state index in [0.29, 0.717) is 17.9 Å². The van der Waals surface area contributed by atoms with E-state index < -0.39 is 4.92 Å². The summed E-state index contributed by atoms with van der Waals surface area (Å²) < 4.78 is 0. The van der Waals surface area contributed by atoms with Crippen LogP contribution in [0.25, 0.3) is 0 Å². The van der Waals surface area contributed by atoms with Gasteiger partial charge in [0.2, 0.25) is 11.8 Å². The quantitative estimate of drug-likeness (QED) is 0.623. The number of anilines is 2. The first-order valence-electron chi connectivity index (χ1n) is 5.83. The molecule has 1 aliphatic carbocycles. The molecule has 1 aliphatic rings. The Balaban J connectivity index is 2.18. The molecule has 1 aromatic heterocycles. The predicted octanol–water partition coefficient (Wildman–Crippen LogP) is 1.73. The van der Waals surface area contributed by atoms with Crippen molar-refractivity contribution in [1.82, 2.24) is 9.97 Å². The smallest absolute Gasteiger partial charge is 0.332 e. The number of nitrogens with one attached hydrogen (secondary N) is 1. The van der Waals surface area contributed by atoms with E-state index >= 15 is 0 Å². The molecule has 0 aromatic carbocycles. The first-order chi connectivity index (χ1) is 8.31. The normalized spacial score (nSPS) is 20.5. The number of hydrogen-bond acceptors (Lipinski definition) is 6. The van der Waals surface area contributed by atoms with Crippen LogP contribution >= 0.6 is 0 Å². The number of aryl methyl sites for hydroxylation is 1. The molecule has 7 heteroatoms. The molecule has 1 unspecified atom stereocenters. The fourth-order valence-corrected chi connectivity index (χ4v) is 2.07. The molecule has 1 fully saturated rings. The van der Waals surface area contributed by atoms with Crippen LogP contribution in [0.2, 0.25) is 0 Å². The fourth-order valence-electron chi connectivity index (χ4n) is 2.07. The molecule has 0 amide bonds. The maximum absolute atomic E-state index is 11.0. The minimum absolute atomic E-state index is 0.0515. The standard InChI is InChI=1S/C11H17N5O2/c1-6-8(16(17)18)9(15-10(12)14-6)13-5-7-4-11(7,2)3/h7H,4-5H2,1-3H3,(H3,12,13,14,15). The van der Waals surface area contributed by atoms with Crippen LogP contribution in [-0.4, -0.2) is 21.4 Å². The van der Waals surface area contributed by atoms with Crippen molar-refractivity contribution >= 4 is 17.5 Å². The van der Waals surface area contributed by atoms with Crippen LogP contribution in [0.4, 0.5) is 17.5 Å². The summed E-state index contributed by atoms with van der Waals surface area (Å²) in [6, 6.07) is 0. The topological polar surface area (TPSA) is 107 Å². The third-order valence-electron chi connectivity index (χ3n) is 3.49. The van der Waals surface area contributed by atoms with Crippen molar-refractivity contribution in [2.45, 2.75) is 27.2 Å². The van der Waals surface area contributed by atoms with Gasteiger partial charge in [0, 0.05) is 6.54 Å². The summed E-state index contributed by atoms with van der Waals surface area (Å²) in [4.78, 5) is 18.2. The van der Waals surface area contributed by atoms with Gasteiger partial charge in [0.1, 0.15) is 5.69 Å². The number of nitrogens with two attached hydrogens (primary N) is 1. The molecule has 1 saturated carbocycles. The van der Waals surface area contributed by atoms with E-state index in [4.69, 9.17) is 5.73 Å².